The Kier molecular flexibility index (Phi) is 6.00. The molecule has 2 saturated heterocycles. The molecule has 0 saturated carbocycles. The molecule has 3 heterocycles. The van der Waals surface area contributed by atoms with Crippen molar-refractivity contribution >= 4 is 11.6 Å². The number of ether oxygens (including phenoxy) is 1. The van der Waals surface area contributed by atoms with Crippen molar-refractivity contribution in [2.75, 3.05) is 51.3 Å². The third-order valence-corrected chi connectivity index (χ3v) is 5.85. The maximum Gasteiger partial charge on any atom is 0.261 e. The van der Waals surface area contributed by atoms with Crippen LogP contribution in [0.25, 0.3) is 0 Å². The minimum Gasteiger partial charge on any atom is -0.484 e. The van der Waals surface area contributed by atoms with Gasteiger partial charge in [-0.25, -0.2) is 0 Å². The lowest BCUT2D eigenvalue weighted by Gasteiger charge is -2.34. The topological polar surface area (TPSA) is 48.9 Å². The molecular formula is C23H30N4O2. The van der Waals surface area contributed by atoms with Crippen LogP contribution in [0.1, 0.15) is 30.3 Å². The summed E-state index contributed by atoms with van der Waals surface area (Å²) in [6.07, 6.45) is 1.96. The number of piperazine rings is 1. The first-order chi connectivity index (χ1) is 14.1. The van der Waals surface area contributed by atoms with Gasteiger partial charge in [0.05, 0.1) is 11.7 Å². The first kappa shape index (κ1) is 19.7. The first-order valence-electron chi connectivity index (χ1n) is 10.5. The molecule has 2 aromatic rings. The molecule has 1 atom stereocenters. The van der Waals surface area contributed by atoms with Gasteiger partial charge in [-0.3, -0.25) is 9.78 Å². The minimum atomic E-state index is 0.0285. The zero-order valence-electron chi connectivity index (χ0n) is 17.4. The van der Waals surface area contributed by atoms with Crippen LogP contribution in [0.3, 0.4) is 0 Å². The van der Waals surface area contributed by atoms with Crippen LogP contribution in [0.5, 0.6) is 5.75 Å². The fourth-order valence-corrected chi connectivity index (χ4v) is 4.21. The van der Waals surface area contributed by atoms with E-state index in [0.29, 0.717) is 0 Å². The van der Waals surface area contributed by atoms with Crippen LogP contribution in [0.4, 0.5) is 5.69 Å². The van der Waals surface area contributed by atoms with E-state index in [1.165, 1.54) is 5.69 Å². The summed E-state index contributed by atoms with van der Waals surface area (Å²) < 4.78 is 5.69. The largest absolute Gasteiger partial charge is 0.484 e. The molecule has 4 rings (SSSR count). The number of amides is 1. The number of likely N-dealkylation sites (N-methyl/N-ethyl adjacent to an activating group) is 1. The molecule has 0 N–H and O–H groups in total. The van der Waals surface area contributed by atoms with E-state index in [4.69, 9.17) is 9.72 Å². The molecule has 2 fully saturated rings. The van der Waals surface area contributed by atoms with Gasteiger partial charge in [0.1, 0.15) is 5.75 Å². The number of likely N-dealkylation sites (tertiary alicyclic amines) is 1. The number of hydrogen-bond donors (Lipinski definition) is 0. The van der Waals surface area contributed by atoms with Gasteiger partial charge < -0.3 is 19.4 Å². The molecule has 2 aliphatic rings. The molecule has 6 nitrogen and oxygen atoms in total. The van der Waals surface area contributed by atoms with Gasteiger partial charge in [-0.1, -0.05) is 18.2 Å². The van der Waals surface area contributed by atoms with Gasteiger partial charge in [0.15, 0.2) is 6.61 Å². The Balaban J connectivity index is 1.47. The molecule has 154 valence electrons. The SMILES string of the molecule is Cc1cc(N2CCN(C)CC2)cc(C2CCCN2C(=O)COc2ccccc2)n1. The van der Waals surface area contributed by atoms with Crippen LogP contribution in [-0.2, 0) is 4.79 Å². The Morgan fingerprint density at radius 2 is 1.86 bits per heavy atom. The van der Waals surface area contributed by atoms with Crippen molar-refractivity contribution in [2.24, 2.45) is 0 Å². The molecule has 6 heteroatoms. The quantitative estimate of drug-likeness (QED) is 0.781. The number of aryl methyl sites for hydroxylation is 1. The Hall–Kier alpha value is -2.60. The van der Waals surface area contributed by atoms with Gasteiger partial charge in [0, 0.05) is 44.1 Å². The van der Waals surface area contributed by atoms with Crippen LogP contribution < -0.4 is 9.64 Å². The number of anilines is 1. The number of para-hydroxylation sites is 1. The van der Waals surface area contributed by atoms with E-state index in [9.17, 15) is 4.79 Å². The number of carbonyl (C=O) groups excluding carboxylic acids is 1. The number of aromatic nitrogens is 1. The fraction of sp³-hybridized carbons (Fsp3) is 0.478. The highest BCUT2D eigenvalue weighted by atomic mass is 16.5. The highest BCUT2D eigenvalue weighted by Crippen LogP contribution is 2.33. The maximum atomic E-state index is 12.9. The van der Waals surface area contributed by atoms with E-state index in [0.717, 1.165) is 62.7 Å². The highest BCUT2D eigenvalue weighted by molar-refractivity contribution is 5.78. The smallest absolute Gasteiger partial charge is 0.261 e. The first-order valence-corrected chi connectivity index (χ1v) is 10.5. The van der Waals surface area contributed by atoms with Crippen molar-refractivity contribution in [1.82, 2.24) is 14.8 Å². The van der Waals surface area contributed by atoms with E-state index in [1.54, 1.807) is 0 Å². The standard InChI is InChI=1S/C23H30N4O2/c1-18-15-19(26-13-11-25(2)12-14-26)16-21(24-18)22-9-6-10-27(22)23(28)17-29-20-7-4-3-5-8-20/h3-5,7-8,15-16,22H,6,9-14,17H2,1-2H3. The van der Waals surface area contributed by atoms with Crippen LogP contribution in [0.2, 0.25) is 0 Å². The third kappa shape index (κ3) is 4.70. The van der Waals surface area contributed by atoms with Crippen LogP contribution in [-0.4, -0.2) is 67.1 Å². The minimum absolute atomic E-state index is 0.0285. The van der Waals surface area contributed by atoms with Gasteiger partial charge in [0.2, 0.25) is 0 Å². The Morgan fingerprint density at radius 3 is 2.62 bits per heavy atom. The van der Waals surface area contributed by atoms with Gasteiger partial charge >= 0.3 is 0 Å². The van der Waals surface area contributed by atoms with Crippen LogP contribution in [0, 0.1) is 6.92 Å². The molecule has 1 aromatic carbocycles. The van der Waals surface area contributed by atoms with E-state index in [-0.39, 0.29) is 18.6 Å². The molecule has 0 bridgehead atoms. The molecule has 2 aliphatic heterocycles. The second-order valence-corrected chi connectivity index (χ2v) is 8.03. The average molecular weight is 395 g/mol. The summed E-state index contributed by atoms with van der Waals surface area (Å²) in [5.74, 6) is 0.753. The summed E-state index contributed by atoms with van der Waals surface area (Å²) in [5, 5.41) is 0. The van der Waals surface area contributed by atoms with E-state index < -0.39 is 0 Å². The van der Waals surface area contributed by atoms with Gasteiger partial charge in [-0.05, 0) is 51.1 Å². The molecule has 0 aliphatic carbocycles. The van der Waals surface area contributed by atoms with Crippen LogP contribution >= 0.6 is 0 Å². The molecule has 0 radical (unpaired) electrons. The van der Waals surface area contributed by atoms with E-state index in [1.807, 2.05) is 42.2 Å². The number of carbonyl (C=O) groups is 1. The zero-order valence-corrected chi connectivity index (χ0v) is 17.4. The fourth-order valence-electron chi connectivity index (χ4n) is 4.21. The molecular weight excluding hydrogens is 364 g/mol. The van der Waals surface area contributed by atoms with Gasteiger partial charge in [-0.2, -0.15) is 0 Å². The Bertz CT molecular complexity index is 834. The highest BCUT2D eigenvalue weighted by Gasteiger charge is 2.32. The van der Waals surface area contributed by atoms with Gasteiger partial charge in [0.25, 0.3) is 5.91 Å². The Labute approximate surface area is 173 Å². The number of rotatable bonds is 5. The summed E-state index contributed by atoms with van der Waals surface area (Å²) in [4.78, 5) is 24.4. The second-order valence-electron chi connectivity index (χ2n) is 8.03. The predicted molar refractivity (Wildman–Crippen MR) is 114 cm³/mol. The maximum absolute atomic E-state index is 12.9. The number of nitrogens with zero attached hydrogens (tertiary/aromatic N) is 4. The summed E-state index contributed by atoms with van der Waals surface area (Å²) in [5.41, 5.74) is 3.24. The molecule has 1 aromatic heterocycles. The molecule has 0 spiro atoms. The Morgan fingerprint density at radius 1 is 1.10 bits per heavy atom. The lowest BCUT2D eigenvalue weighted by Crippen LogP contribution is -2.44. The van der Waals surface area contributed by atoms with Crippen molar-refractivity contribution in [2.45, 2.75) is 25.8 Å². The van der Waals surface area contributed by atoms with Crippen molar-refractivity contribution in [3.05, 3.63) is 53.9 Å². The average Bonchev–Trinajstić information content (AvgIpc) is 3.23. The van der Waals surface area contributed by atoms with E-state index >= 15 is 0 Å². The van der Waals surface area contributed by atoms with Crippen molar-refractivity contribution < 1.29 is 9.53 Å². The van der Waals surface area contributed by atoms with Crippen molar-refractivity contribution in [3.63, 3.8) is 0 Å². The number of benzene rings is 1. The number of hydrogen-bond acceptors (Lipinski definition) is 5. The lowest BCUT2D eigenvalue weighted by molar-refractivity contribution is -0.134. The summed E-state index contributed by atoms with van der Waals surface area (Å²) in [6, 6.07) is 13.9. The van der Waals surface area contributed by atoms with Crippen molar-refractivity contribution in [3.8, 4) is 5.75 Å². The molecule has 1 amide bonds. The van der Waals surface area contributed by atoms with Crippen molar-refractivity contribution in [1.29, 1.82) is 0 Å². The van der Waals surface area contributed by atoms with Gasteiger partial charge in [-0.15, -0.1) is 0 Å². The monoisotopic (exact) mass is 394 g/mol. The zero-order chi connectivity index (χ0) is 20.2. The lowest BCUT2D eigenvalue weighted by atomic mass is 10.1. The summed E-state index contributed by atoms with van der Waals surface area (Å²) in [6.45, 7) is 7.07. The predicted octanol–water partition coefficient (Wildman–Crippen LogP) is 2.88. The molecule has 1 unspecified atom stereocenters. The van der Waals surface area contributed by atoms with Crippen LogP contribution in [0.15, 0.2) is 42.5 Å². The van der Waals surface area contributed by atoms with E-state index in [2.05, 4.69) is 29.0 Å². The normalized spacial score (nSPS) is 20.1. The number of pyridine rings is 1. The molecule has 29 heavy (non-hydrogen) atoms. The second kappa shape index (κ2) is 8.82. The summed E-state index contributed by atoms with van der Waals surface area (Å²) >= 11 is 0. The third-order valence-electron chi connectivity index (χ3n) is 5.85. The summed E-state index contributed by atoms with van der Waals surface area (Å²) in [7, 11) is 2.17.